The molecule has 1 heterocycles. The van der Waals surface area contributed by atoms with Crippen LogP contribution in [0.4, 0.5) is 0 Å². The molecule has 0 fully saturated rings. The van der Waals surface area contributed by atoms with Gasteiger partial charge in [-0.2, -0.15) is 0 Å². The number of dihydropyridines is 1. The molecule has 1 aliphatic heterocycles. The van der Waals surface area contributed by atoms with Gasteiger partial charge >= 0.3 is 17.9 Å². The van der Waals surface area contributed by atoms with Gasteiger partial charge in [-0.15, -0.1) is 0 Å². The Kier molecular flexibility index (Phi) is 9.36. The molecule has 0 aromatic heterocycles. The first-order valence-corrected chi connectivity index (χ1v) is 10.5. The van der Waals surface area contributed by atoms with Gasteiger partial charge < -0.3 is 19.5 Å². The van der Waals surface area contributed by atoms with E-state index in [1.54, 1.807) is 58.0 Å². The van der Waals surface area contributed by atoms with Crippen molar-refractivity contribution in [1.82, 2.24) is 16.2 Å². The third-order valence-electron chi connectivity index (χ3n) is 4.68. The number of ether oxygens (including phenoxy) is 3. The molecule has 0 atom stereocenters. The van der Waals surface area contributed by atoms with Gasteiger partial charge in [-0.3, -0.25) is 25.2 Å². The Morgan fingerprint density at radius 2 is 1.35 bits per heavy atom. The average Bonchev–Trinajstić information content (AvgIpc) is 2.81. The highest BCUT2D eigenvalue weighted by atomic mass is 16.5. The van der Waals surface area contributed by atoms with Crippen molar-refractivity contribution in [3.05, 3.63) is 58.4 Å². The van der Waals surface area contributed by atoms with Gasteiger partial charge in [0.15, 0.2) is 6.61 Å². The summed E-state index contributed by atoms with van der Waals surface area (Å²) in [6.07, 6.45) is 0. The highest BCUT2D eigenvalue weighted by Gasteiger charge is 2.42. The Labute approximate surface area is 196 Å². The van der Waals surface area contributed by atoms with Crippen LogP contribution in [0.2, 0.25) is 0 Å². The van der Waals surface area contributed by atoms with E-state index in [0.29, 0.717) is 17.0 Å². The molecule has 2 amide bonds. The van der Waals surface area contributed by atoms with Crippen LogP contribution < -0.4 is 16.2 Å². The summed E-state index contributed by atoms with van der Waals surface area (Å²) >= 11 is 0. The Bertz CT molecular complexity index is 990. The van der Waals surface area contributed by atoms with Crippen LogP contribution in [0.25, 0.3) is 0 Å². The van der Waals surface area contributed by atoms with Crippen molar-refractivity contribution in [2.75, 3.05) is 19.8 Å². The smallest absolute Gasteiger partial charge is 0.337 e. The van der Waals surface area contributed by atoms with Gasteiger partial charge in [-0.25, -0.2) is 9.59 Å². The van der Waals surface area contributed by atoms with E-state index in [1.165, 1.54) is 0 Å². The second kappa shape index (κ2) is 12.2. The standard InChI is InChI=1S/C23H27N3O8/c1-5-32-21(29)17-13(3)24-14(4)18(22(30)33-6-2)19(17)23(31)34-12-16(27)25-26-20(28)15-10-8-7-9-11-15/h7-11,19,24H,5-6,12H2,1-4H3,(H,25,27)(H,26,28). The molecule has 1 aliphatic rings. The summed E-state index contributed by atoms with van der Waals surface area (Å²) < 4.78 is 15.2. The van der Waals surface area contributed by atoms with Crippen molar-refractivity contribution in [3.63, 3.8) is 0 Å². The normalized spacial score (nSPS) is 13.5. The first-order valence-electron chi connectivity index (χ1n) is 10.5. The molecule has 1 aromatic rings. The predicted molar refractivity (Wildman–Crippen MR) is 118 cm³/mol. The maximum atomic E-state index is 13.0. The molecule has 11 nitrogen and oxygen atoms in total. The zero-order chi connectivity index (χ0) is 25.3. The van der Waals surface area contributed by atoms with Crippen molar-refractivity contribution in [3.8, 4) is 0 Å². The van der Waals surface area contributed by atoms with Crippen LogP contribution in [0.5, 0.6) is 0 Å². The summed E-state index contributed by atoms with van der Waals surface area (Å²) in [6.45, 7) is 5.59. The lowest BCUT2D eigenvalue weighted by Gasteiger charge is -2.28. The summed E-state index contributed by atoms with van der Waals surface area (Å²) in [4.78, 5) is 62.3. The number of rotatable bonds is 8. The number of hydrogen-bond acceptors (Lipinski definition) is 9. The summed E-state index contributed by atoms with van der Waals surface area (Å²) in [7, 11) is 0. The molecule has 2 rings (SSSR count). The Morgan fingerprint density at radius 3 is 1.85 bits per heavy atom. The molecule has 0 bridgehead atoms. The maximum absolute atomic E-state index is 13.0. The Morgan fingerprint density at radius 1 is 0.824 bits per heavy atom. The van der Waals surface area contributed by atoms with Gasteiger partial charge in [0.2, 0.25) is 0 Å². The average molecular weight is 473 g/mol. The van der Waals surface area contributed by atoms with E-state index in [2.05, 4.69) is 16.2 Å². The SMILES string of the molecule is CCOC(=O)C1=C(C)NC(C)=C(C(=O)OCC)C1C(=O)OCC(=O)NNC(=O)c1ccccc1. The van der Waals surface area contributed by atoms with Crippen LogP contribution in [-0.4, -0.2) is 49.5 Å². The topological polar surface area (TPSA) is 149 Å². The molecule has 11 heteroatoms. The second-order valence-corrected chi connectivity index (χ2v) is 7.05. The van der Waals surface area contributed by atoms with Crippen molar-refractivity contribution in [1.29, 1.82) is 0 Å². The zero-order valence-corrected chi connectivity index (χ0v) is 19.4. The molecular formula is C23H27N3O8. The van der Waals surface area contributed by atoms with E-state index >= 15 is 0 Å². The Hall–Kier alpha value is -4.15. The zero-order valence-electron chi connectivity index (χ0n) is 19.4. The number of hydrazine groups is 1. The van der Waals surface area contributed by atoms with Crippen molar-refractivity contribution < 1.29 is 38.2 Å². The van der Waals surface area contributed by atoms with Crippen LogP contribution in [0, 0.1) is 5.92 Å². The molecule has 0 saturated carbocycles. The van der Waals surface area contributed by atoms with Crippen molar-refractivity contribution in [2.24, 2.45) is 5.92 Å². The molecule has 0 aliphatic carbocycles. The summed E-state index contributed by atoms with van der Waals surface area (Å²) in [5.74, 6) is -5.53. The third kappa shape index (κ3) is 6.44. The third-order valence-corrected chi connectivity index (χ3v) is 4.68. The number of amides is 2. The van der Waals surface area contributed by atoms with E-state index < -0.39 is 42.2 Å². The number of allylic oxidation sites excluding steroid dienone is 2. The number of hydrogen-bond donors (Lipinski definition) is 3. The van der Waals surface area contributed by atoms with Gasteiger partial charge in [-0.1, -0.05) is 18.2 Å². The number of carbonyl (C=O) groups is 5. The first kappa shape index (κ1) is 26.1. The first-order chi connectivity index (χ1) is 16.2. The summed E-state index contributed by atoms with van der Waals surface area (Å²) in [5.41, 5.74) is 4.98. The van der Waals surface area contributed by atoms with Crippen LogP contribution >= 0.6 is 0 Å². The lowest BCUT2D eigenvalue weighted by molar-refractivity contribution is -0.154. The number of esters is 3. The van der Waals surface area contributed by atoms with E-state index in [1.807, 2.05) is 0 Å². The predicted octanol–water partition coefficient (Wildman–Crippen LogP) is 0.884. The van der Waals surface area contributed by atoms with E-state index in [0.717, 1.165) is 0 Å². The van der Waals surface area contributed by atoms with E-state index in [9.17, 15) is 24.0 Å². The van der Waals surface area contributed by atoms with Crippen LogP contribution in [0.1, 0.15) is 38.1 Å². The number of benzene rings is 1. The van der Waals surface area contributed by atoms with Gasteiger partial charge in [0.05, 0.1) is 24.4 Å². The molecule has 34 heavy (non-hydrogen) atoms. The number of nitrogens with one attached hydrogen (secondary N) is 3. The van der Waals surface area contributed by atoms with Crippen molar-refractivity contribution >= 4 is 29.7 Å². The van der Waals surface area contributed by atoms with Crippen LogP contribution in [0.15, 0.2) is 52.9 Å². The minimum Gasteiger partial charge on any atom is -0.463 e. The van der Waals surface area contributed by atoms with Crippen molar-refractivity contribution in [2.45, 2.75) is 27.7 Å². The van der Waals surface area contributed by atoms with Gasteiger partial charge in [0, 0.05) is 17.0 Å². The molecule has 3 N–H and O–H groups in total. The maximum Gasteiger partial charge on any atom is 0.337 e. The molecule has 1 aromatic carbocycles. The fourth-order valence-electron chi connectivity index (χ4n) is 3.23. The lowest BCUT2D eigenvalue weighted by Crippen LogP contribution is -2.44. The molecule has 0 spiro atoms. The number of carbonyl (C=O) groups excluding carboxylic acids is 5. The fourth-order valence-corrected chi connectivity index (χ4v) is 3.23. The van der Waals surface area contributed by atoms with E-state index in [4.69, 9.17) is 14.2 Å². The molecule has 0 radical (unpaired) electrons. The summed E-state index contributed by atoms with van der Waals surface area (Å²) in [5, 5.41) is 2.88. The highest BCUT2D eigenvalue weighted by Crippen LogP contribution is 2.32. The quantitative estimate of drug-likeness (QED) is 0.284. The van der Waals surface area contributed by atoms with Crippen LogP contribution in [0.3, 0.4) is 0 Å². The monoisotopic (exact) mass is 473 g/mol. The molecular weight excluding hydrogens is 446 g/mol. The largest absolute Gasteiger partial charge is 0.463 e. The van der Waals surface area contributed by atoms with Gasteiger partial charge in [-0.05, 0) is 39.8 Å². The minimum absolute atomic E-state index is 0.0400. The molecule has 0 saturated heterocycles. The second-order valence-electron chi connectivity index (χ2n) is 7.05. The molecule has 182 valence electrons. The van der Waals surface area contributed by atoms with E-state index in [-0.39, 0.29) is 24.4 Å². The Balaban J connectivity index is 2.15. The van der Waals surface area contributed by atoms with Gasteiger partial charge in [0.25, 0.3) is 11.8 Å². The minimum atomic E-state index is -1.47. The highest BCUT2D eigenvalue weighted by molar-refractivity contribution is 6.06. The summed E-state index contributed by atoms with van der Waals surface area (Å²) in [6, 6.07) is 8.15. The van der Waals surface area contributed by atoms with Gasteiger partial charge in [0.1, 0.15) is 5.92 Å². The lowest BCUT2D eigenvalue weighted by atomic mass is 9.85. The van der Waals surface area contributed by atoms with Crippen LogP contribution in [-0.2, 0) is 33.4 Å². The molecule has 0 unspecified atom stereocenters. The fraction of sp³-hybridized carbons (Fsp3) is 0.348.